The van der Waals surface area contributed by atoms with E-state index in [1.54, 1.807) is 6.92 Å². The number of alkyl halides is 6. The first-order valence-electron chi connectivity index (χ1n) is 13.5. The van der Waals surface area contributed by atoms with Gasteiger partial charge in [-0.05, 0) is 86.8 Å². The van der Waals surface area contributed by atoms with Crippen molar-refractivity contribution < 1.29 is 41.0 Å². The second-order valence-corrected chi connectivity index (χ2v) is 9.63. The first-order chi connectivity index (χ1) is 19.9. The molecule has 0 unspecified atom stereocenters. The number of carbonyl (C=O) groups is 2. The fourth-order valence-corrected chi connectivity index (χ4v) is 4.16. The first kappa shape index (κ1) is 36.9. The largest absolute Gasteiger partial charge is 0.478 e. The summed E-state index contributed by atoms with van der Waals surface area (Å²) in [5, 5.41) is 8.91. The van der Waals surface area contributed by atoms with Crippen LogP contribution in [0.2, 0.25) is 0 Å². The van der Waals surface area contributed by atoms with Gasteiger partial charge < -0.3 is 16.6 Å². The predicted molar refractivity (Wildman–Crippen MR) is 155 cm³/mol. The van der Waals surface area contributed by atoms with Crippen LogP contribution in [0.5, 0.6) is 0 Å². The van der Waals surface area contributed by atoms with Gasteiger partial charge in [0, 0.05) is 5.56 Å². The van der Waals surface area contributed by atoms with Crippen LogP contribution in [0.25, 0.3) is 0 Å². The summed E-state index contributed by atoms with van der Waals surface area (Å²) < 4.78 is 78.7. The Morgan fingerprint density at radius 3 is 1.49 bits per heavy atom. The molecule has 5 N–H and O–H groups in total. The number of aromatic carboxylic acids is 1. The number of benzene rings is 2. The molecule has 0 saturated carbocycles. The lowest BCUT2D eigenvalue weighted by Crippen LogP contribution is -2.24. The molecule has 2 aromatic carbocycles. The molecule has 0 aliphatic heterocycles. The molecule has 1 amide bonds. The van der Waals surface area contributed by atoms with E-state index in [2.05, 4.69) is 4.99 Å². The topological polar surface area (TPSA) is 119 Å². The molecule has 0 radical (unpaired) electrons. The highest BCUT2D eigenvalue weighted by atomic mass is 19.4. The lowest BCUT2D eigenvalue weighted by Gasteiger charge is -2.15. The smallest absolute Gasteiger partial charge is 0.416 e. The number of aryl methyl sites for hydroxylation is 4. The molecule has 2 rings (SSSR count). The standard InChI is InChI=1S/C16H20F3N3O.C15H17F3O2/c1-3-4-5-6-7-11-8-10(2)12(14(23)22-15(20)21)9-13(11)16(17,18)19;1-3-4-5-6-7-11-8-10(2)12(14(19)20)9-13(11)15(16,17)18/h4-5,8-9H,3,6-7H2,1-2H3,(H4,20,21,22,23);4-5,8-9H,3,6-7H2,1-2H3,(H,19,20). The zero-order chi connectivity index (χ0) is 33.0. The Kier molecular flexibility index (Phi) is 14.2. The highest BCUT2D eigenvalue weighted by Gasteiger charge is 2.35. The van der Waals surface area contributed by atoms with Gasteiger partial charge in [0.25, 0.3) is 5.91 Å². The minimum atomic E-state index is -4.55. The molecular weight excluding hydrogens is 576 g/mol. The Balaban J connectivity index is 0.000000434. The Morgan fingerprint density at radius 1 is 0.744 bits per heavy atom. The van der Waals surface area contributed by atoms with Crippen LogP contribution in [-0.4, -0.2) is 22.9 Å². The van der Waals surface area contributed by atoms with Gasteiger partial charge in [0.15, 0.2) is 5.96 Å². The third-order valence-corrected chi connectivity index (χ3v) is 6.17. The lowest BCUT2D eigenvalue weighted by atomic mass is 9.95. The summed E-state index contributed by atoms with van der Waals surface area (Å²) in [6.07, 6.45) is 1.53. The van der Waals surface area contributed by atoms with Crippen LogP contribution in [0, 0.1) is 13.8 Å². The molecule has 0 aromatic heterocycles. The van der Waals surface area contributed by atoms with Crippen LogP contribution in [-0.2, 0) is 25.2 Å². The number of allylic oxidation sites excluding steroid dienone is 4. The predicted octanol–water partition coefficient (Wildman–Crippen LogP) is 7.94. The van der Waals surface area contributed by atoms with E-state index in [0.717, 1.165) is 25.0 Å². The number of rotatable bonds is 10. The van der Waals surface area contributed by atoms with Crippen molar-refractivity contribution in [1.82, 2.24) is 0 Å². The third-order valence-electron chi connectivity index (χ3n) is 6.17. The maximum atomic E-state index is 13.2. The zero-order valence-corrected chi connectivity index (χ0v) is 24.5. The third kappa shape index (κ3) is 12.0. The number of carboxylic acids is 1. The van der Waals surface area contributed by atoms with Gasteiger partial charge in [-0.3, -0.25) is 4.79 Å². The fraction of sp³-hybridized carbons (Fsp3) is 0.387. The minimum absolute atomic E-state index is 0.140. The van der Waals surface area contributed by atoms with Crippen molar-refractivity contribution in [3.05, 3.63) is 93.1 Å². The highest BCUT2D eigenvalue weighted by Crippen LogP contribution is 2.35. The van der Waals surface area contributed by atoms with Crippen LogP contribution in [0.4, 0.5) is 26.3 Å². The van der Waals surface area contributed by atoms with Gasteiger partial charge in [-0.2, -0.15) is 31.3 Å². The van der Waals surface area contributed by atoms with E-state index >= 15 is 0 Å². The molecule has 0 heterocycles. The maximum absolute atomic E-state index is 13.2. The summed E-state index contributed by atoms with van der Waals surface area (Å²) in [6, 6.07) is 4.25. The average molecular weight is 614 g/mol. The molecule has 6 nitrogen and oxygen atoms in total. The second kappa shape index (κ2) is 16.5. The molecule has 0 spiro atoms. The molecule has 2 aromatic rings. The van der Waals surface area contributed by atoms with Gasteiger partial charge in [-0.15, -0.1) is 0 Å². The molecule has 236 valence electrons. The van der Waals surface area contributed by atoms with E-state index in [0.29, 0.717) is 24.0 Å². The van der Waals surface area contributed by atoms with Crippen LogP contribution in [0.1, 0.15) is 93.6 Å². The average Bonchev–Trinajstić information content (AvgIpc) is 2.87. The summed E-state index contributed by atoms with van der Waals surface area (Å²) in [6.45, 7) is 6.96. The quantitative estimate of drug-likeness (QED) is 0.109. The number of carbonyl (C=O) groups excluding carboxylic acids is 1. The Bertz CT molecular complexity index is 1360. The zero-order valence-electron chi connectivity index (χ0n) is 24.5. The van der Waals surface area contributed by atoms with E-state index < -0.39 is 41.3 Å². The minimum Gasteiger partial charge on any atom is -0.478 e. The van der Waals surface area contributed by atoms with Crippen molar-refractivity contribution in [2.75, 3.05) is 0 Å². The number of amides is 1. The van der Waals surface area contributed by atoms with Crippen molar-refractivity contribution in [3.8, 4) is 0 Å². The SMILES string of the molecule is CCC=CCCc1cc(C)c(C(=O)N=C(N)N)cc1C(F)(F)F.CCC=CCCc1cc(C)c(C(=O)O)cc1C(F)(F)F. The van der Waals surface area contributed by atoms with Crippen molar-refractivity contribution in [2.45, 2.75) is 78.6 Å². The van der Waals surface area contributed by atoms with Gasteiger partial charge in [0.1, 0.15) is 0 Å². The summed E-state index contributed by atoms with van der Waals surface area (Å²) >= 11 is 0. The van der Waals surface area contributed by atoms with Crippen molar-refractivity contribution in [1.29, 1.82) is 0 Å². The number of hydrogen-bond donors (Lipinski definition) is 3. The van der Waals surface area contributed by atoms with Gasteiger partial charge in [-0.25, -0.2) is 4.79 Å². The van der Waals surface area contributed by atoms with E-state index in [-0.39, 0.29) is 35.1 Å². The normalized spacial score (nSPS) is 11.9. The van der Waals surface area contributed by atoms with E-state index in [9.17, 15) is 35.9 Å². The van der Waals surface area contributed by atoms with Crippen molar-refractivity contribution in [3.63, 3.8) is 0 Å². The van der Waals surface area contributed by atoms with Crippen LogP contribution >= 0.6 is 0 Å². The van der Waals surface area contributed by atoms with E-state index in [1.807, 2.05) is 38.2 Å². The van der Waals surface area contributed by atoms with E-state index in [1.165, 1.54) is 19.1 Å². The van der Waals surface area contributed by atoms with E-state index in [4.69, 9.17) is 16.6 Å². The molecule has 0 aliphatic carbocycles. The summed E-state index contributed by atoms with van der Waals surface area (Å²) in [5.74, 6) is -2.72. The first-order valence-corrected chi connectivity index (χ1v) is 13.5. The maximum Gasteiger partial charge on any atom is 0.416 e. The van der Waals surface area contributed by atoms with Gasteiger partial charge in [0.2, 0.25) is 0 Å². The monoisotopic (exact) mass is 613 g/mol. The van der Waals surface area contributed by atoms with Gasteiger partial charge >= 0.3 is 18.3 Å². The second-order valence-electron chi connectivity index (χ2n) is 9.63. The number of hydrogen-bond acceptors (Lipinski definition) is 2. The molecule has 0 saturated heterocycles. The van der Waals surface area contributed by atoms with Crippen LogP contribution in [0.3, 0.4) is 0 Å². The number of aliphatic imine (C=N–C) groups is 1. The molecule has 43 heavy (non-hydrogen) atoms. The molecule has 0 aliphatic rings. The molecular formula is C31H37F6N3O3. The van der Waals surface area contributed by atoms with Crippen molar-refractivity contribution >= 4 is 17.8 Å². The van der Waals surface area contributed by atoms with Crippen LogP contribution in [0.15, 0.2) is 53.6 Å². The summed E-state index contributed by atoms with van der Waals surface area (Å²) in [7, 11) is 0. The lowest BCUT2D eigenvalue weighted by molar-refractivity contribution is -0.139. The number of nitrogens with two attached hydrogens (primary N) is 2. The Hall–Kier alpha value is -4.09. The van der Waals surface area contributed by atoms with Gasteiger partial charge in [0.05, 0.1) is 16.7 Å². The molecule has 12 heteroatoms. The highest BCUT2D eigenvalue weighted by molar-refractivity contribution is 6.03. The molecule has 0 atom stereocenters. The van der Waals surface area contributed by atoms with Gasteiger partial charge in [-0.1, -0.05) is 50.3 Å². The van der Waals surface area contributed by atoms with Crippen LogP contribution < -0.4 is 11.5 Å². The van der Waals surface area contributed by atoms with Crippen molar-refractivity contribution in [2.24, 2.45) is 16.5 Å². The number of nitrogens with zero attached hydrogens (tertiary/aromatic N) is 1. The molecule has 0 fully saturated rings. The Labute approximate surface area is 247 Å². The summed E-state index contributed by atoms with van der Waals surface area (Å²) in [5.41, 5.74) is 9.11. The Morgan fingerprint density at radius 2 is 1.14 bits per heavy atom. The number of halogens is 6. The summed E-state index contributed by atoms with van der Waals surface area (Å²) in [4.78, 5) is 26.1. The molecule has 0 bridgehead atoms. The fourth-order valence-electron chi connectivity index (χ4n) is 4.16. The number of guanidine groups is 1. The number of carboxylic acid groups (broad SMARTS) is 1.